The number of amides is 1. The van der Waals surface area contributed by atoms with Crippen molar-refractivity contribution in [3.63, 3.8) is 0 Å². The normalized spacial score (nSPS) is 14.0. The maximum atomic E-state index is 14.5. The zero-order valence-electron chi connectivity index (χ0n) is 16.2. The number of nitriles is 1. The fraction of sp³-hybridized carbons (Fsp3) is 0.174. The van der Waals surface area contributed by atoms with E-state index in [0.717, 1.165) is 10.9 Å². The average molecular weight is 400 g/mol. The van der Waals surface area contributed by atoms with Gasteiger partial charge in [-0.3, -0.25) is 4.79 Å². The summed E-state index contributed by atoms with van der Waals surface area (Å²) in [4.78, 5) is 14.5. The first kappa shape index (κ1) is 18.1. The van der Waals surface area contributed by atoms with Crippen molar-refractivity contribution in [1.29, 1.82) is 5.26 Å². The standard InChI is InChI=1S/C23H17FN4O2/c1-14-19(23(29)27-11-15(10-25)12-27)13-28-22(14)21(6-7-26-28)30-17-8-16-4-2-3-5-18(16)20(24)9-17/h2-9,13,15H,11-12H2,1H3. The van der Waals surface area contributed by atoms with Crippen LogP contribution in [0.5, 0.6) is 11.5 Å². The van der Waals surface area contributed by atoms with Gasteiger partial charge in [0.25, 0.3) is 5.91 Å². The van der Waals surface area contributed by atoms with E-state index in [1.807, 2.05) is 19.1 Å². The van der Waals surface area contributed by atoms with Crippen LogP contribution in [0.2, 0.25) is 0 Å². The Balaban J connectivity index is 1.52. The second-order valence-electron chi connectivity index (χ2n) is 7.42. The van der Waals surface area contributed by atoms with Crippen molar-refractivity contribution in [3.8, 4) is 17.6 Å². The van der Waals surface area contributed by atoms with Crippen LogP contribution in [0.15, 0.2) is 54.9 Å². The Bertz CT molecular complexity index is 1350. The third-order valence-corrected chi connectivity index (χ3v) is 5.48. The first-order valence-corrected chi connectivity index (χ1v) is 9.57. The zero-order valence-corrected chi connectivity index (χ0v) is 16.2. The maximum Gasteiger partial charge on any atom is 0.255 e. The molecule has 0 atom stereocenters. The monoisotopic (exact) mass is 400 g/mol. The zero-order chi connectivity index (χ0) is 20.8. The highest BCUT2D eigenvalue weighted by molar-refractivity contribution is 5.99. The number of hydrogen-bond donors (Lipinski definition) is 0. The van der Waals surface area contributed by atoms with Gasteiger partial charge in [-0.25, -0.2) is 8.91 Å². The van der Waals surface area contributed by atoms with E-state index in [9.17, 15) is 9.18 Å². The van der Waals surface area contributed by atoms with Crippen molar-refractivity contribution in [2.24, 2.45) is 5.92 Å². The van der Waals surface area contributed by atoms with Gasteiger partial charge >= 0.3 is 0 Å². The number of ether oxygens (including phenoxy) is 1. The number of carbonyl (C=O) groups is 1. The number of rotatable bonds is 3. The summed E-state index contributed by atoms with van der Waals surface area (Å²) >= 11 is 0. The van der Waals surface area contributed by atoms with Crippen LogP contribution < -0.4 is 4.74 Å². The van der Waals surface area contributed by atoms with Crippen molar-refractivity contribution < 1.29 is 13.9 Å². The van der Waals surface area contributed by atoms with Gasteiger partial charge in [-0.2, -0.15) is 10.4 Å². The number of benzene rings is 2. The molecule has 0 radical (unpaired) electrons. The van der Waals surface area contributed by atoms with Crippen molar-refractivity contribution in [2.75, 3.05) is 13.1 Å². The Morgan fingerprint density at radius 1 is 1.27 bits per heavy atom. The summed E-state index contributed by atoms with van der Waals surface area (Å²) in [5.41, 5.74) is 1.89. The lowest BCUT2D eigenvalue weighted by atomic mass is 10.0. The number of halogens is 1. The Hall–Kier alpha value is -3.92. The molecule has 0 saturated carbocycles. The van der Waals surface area contributed by atoms with Gasteiger partial charge in [0, 0.05) is 36.8 Å². The predicted octanol–water partition coefficient (Wildman–Crippen LogP) is 4.32. The quantitative estimate of drug-likeness (QED) is 0.513. The molecular formula is C23H17FN4O2. The molecule has 7 heteroatoms. The molecule has 0 bridgehead atoms. The molecule has 0 spiro atoms. The van der Waals surface area contributed by atoms with Crippen LogP contribution in [-0.4, -0.2) is 33.5 Å². The van der Waals surface area contributed by atoms with Crippen LogP contribution >= 0.6 is 0 Å². The average Bonchev–Trinajstić information content (AvgIpc) is 3.05. The lowest BCUT2D eigenvalue weighted by Crippen LogP contribution is -2.49. The van der Waals surface area contributed by atoms with E-state index in [1.165, 1.54) is 6.07 Å². The molecule has 1 amide bonds. The molecule has 1 aliphatic rings. The van der Waals surface area contributed by atoms with Crippen LogP contribution in [0.4, 0.5) is 4.39 Å². The van der Waals surface area contributed by atoms with Crippen LogP contribution in [0, 0.1) is 30.0 Å². The van der Waals surface area contributed by atoms with E-state index in [0.29, 0.717) is 41.1 Å². The molecule has 1 aliphatic heterocycles. The first-order chi connectivity index (χ1) is 14.5. The third kappa shape index (κ3) is 2.85. The van der Waals surface area contributed by atoms with Crippen LogP contribution in [0.25, 0.3) is 16.3 Å². The molecule has 30 heavy (non-hydrogen) atoms. The number of fused-ring (bicyclic) bond motifs is 2. The van der Waals surface area contributed by atoms with Gasteiger partial charge in [0.05, 0.1) is 23.7 Å². The van der Waals surface area contributed by atoms with E-state index in [-0.39, 0.29) is 17.6 Å². The number of aryl methyl sites for hydroxylation is 1. The number of carbonyl (C=O) groups excluding carboxylic acids is 1. The molecule has 1 saturated heterocycles. The minimum Gasteiger partial charge on any atom is -0.455 e. The van der Waals surface area contributed by atoms with E-state index in [1.54, 1.807) is 46.1 Å². The summed E-state index contributed by atoms with van der Waals surface area (Å²) in [6, 6.07) is 14.2. The fourth-order valence-corrected chi connectivity index (χ4v) is 3.84. The van der Waals surface area contributed by atoms with E-state index in [2.05, 4.69) is 11.2 Å². The van der Waals surface area contributed by atoms with Crippen LogP contribution in [0.3, 0.4) is 0 Å². The summed E-state index contributed by atoms with van der Waals surface area (Å²) in [5.74, 6) is 0.251. The summed E-state index contributed by atoms with van der Waals surface area (Å²) in [7, 11) is 0. The fourth-order valence-electron chi connectivity index (χ4n) is 3.84. The van der Waals surface area contributed by atoms with Gasteiger partial charge in [0.1, 0.15) is 17.1 Å². The summed E-state index contributed by atoms with van der Waals surface area (Å²) < 4.78 is 22.1. The second kappa shape index (κ2) is 6.85. The van der Waals surface area contributed by atoms with E-state index in [4.69, 9.17) is 10.00 Å². The van der Waals surface area contributed by atoms with Crippen molar-refractivity contribution >= 4 is 22.2 Å². The SMILES string of the molecule is Cc1c(C(=O)N2CC(C#N)C2)cn2nccc(Oc3cc(F)c4ccccc4c3)c12. The molecule has 0 aliphatic carbocycles. The second-order valence-corrected chi connectivity index (χ2v) is 7.42. The number of nitrogens with zero attached hydrogens (tertiary/aromatic N) is 4. The topological polar surface area (TPSA) is 70.6 Å². The molecule has 3 heterocycles. The summed E-state index contributed by atoms with van der Waals surface area (Å²) in [6.45, 7) is 2.71. The Kier molecular flexibility index (Phi) is 4.14. The largest absolute Gasteiger partial charge is 0.455 e. The number of hydrogen-bond acceptors (Lipinski definition) is 4. The van der Waals surface area contributed by atoms with Crippen molar-refractivity contribution in [1.82, 2.24) is 14.5 Å². The van der Waals surface area contributed by atoms with Crippen LogP contribution in [0.1, 0.15) is 15.9 Å². The van der Waals surface area contributed by atoms with E-state index < -0.39 is 0 Å². The van der Waals surface area contributed by atoms with Gasteiger partial charge in [-0.05, 0) is 23.9 Å². The van der Waals surface area contributed by atoms with E-state index >= 15 is 0 Å². The Morgan fingerprint density at radius 3 is 2.87 bits per heavy atom. The highest BCUT2D eigenvalue weighted by Crippen LogP contribution is 2.33. The van der Waals surface area contributed by atoms with Gasteiger partial charge < -0.3 is 9.64 Å². The lowest BCUT2D eigenvalue weighted by molar-refractivity contribution is 0.0576. The van der Waals surface area contributed by atoms with Gasteiger partial charge in [0.2, 0.25) is 0 Å². The molecule has 2 aromatic heterocycles. The highest BCUT2D eigenvalue weighted by Gasteiger charge is 2.32. The molecule has 6 nitrogen and oxygen atoms in total. The minimum atomic E-state index is -0.360. The van der Waals surface area contributed by atoms with Crippen LogP contribution in [-0.2, 0) is 0 Å². The molecule has 148 valence electrons. The number of likely N-dealkylation sites (tertiary alicyclic amines) is 1. The Labute approximate surface area is 171 Å². The summed E-state index contributed by atoms with van der Waals surface area (Å²) in [5, 5.41) is 14.5. The first-order valence-electron chi connectivity index (χ1n) is 9.57. The third-order valence-electron chi connectivity index (χ3n) is 5.48. The smallest absolute Gasteiger partial charge is 0.255 e. The van der Waals surface area contributed by atoms with Gasteiger partial charge in [0.15, 0.2) is 5.75 Å². The highest BCUT2D eigenvalue weighted by atomic mass is 19.1. The molecular weight excluding hydrogens is 383 g/mol. The minimum absolute atomic E-state index is 0.105. The molecule has 1 fully saturated rings. The molecule has 4 aromatic rings. The molecule has 0 N–H and O–H groups in total. The van der Waals surface area contributed by atoms with Gasteiger partial charge in [-0.1, -0.05) is 24.3 Å². The lowest BCUT2D eigenvalue weighted by Gasteiger charge is -2.35. The Morgan fingerprint density at radius 2 is 2.07 bits per heavy atom. The van der Waals surface area contributed by atoms with Crippen molar-refractivity contribution in [3.05, 3.63) is 71.8 Å². The summed E-state index contributed by atoms with van der Waals surface area (Å²) in [6.07, 6.45) is 3.24. The molecule has 0 unspecified atom stereocenters. The molecule has 5 rings (SSSR count). The number of aromatic nitrogens is 2. The predicted molar refractivity (Wildman–Crippen MR) is 109 cm³/mol. The maximum absolute atomic E-state index is 14.5. The molecule has 2 aromatic carbocycles. The van der Waals surface area contributed by atoms with Gasteiger partial charge in [-0.15, -0.1) is 0 Å². The van der Waals surface area contributed by atoms with Crippen molar-refractivity contribution in [2.45, 2.75) is 6.92 Å².